The van der Waals surface area contributed by atoms with Crippen LogP contribution in [0.2, 0.25) is 0 Å². The maximum atomic E-state index is 11.1. The minimum Gasteiger partial charge on any atom is -0.479 e. The second-order valence-electron chi connectivity index (χ2n) is 2.93. The molecule has 0 saturated carbocycles. The zero-order valence-corrected chi connectivity index (χ0v) is 9.41. The van der Waals surface area contributed by atoms with Crippen LogP contribution in [0, 0.1) is 6.92 Å². The molecule has 0 spiro atoms. The van der Waals surface area contributed by atoms with Gasteiger partial charge in [-0.05, 0) is 25.1 Å². The van der Waals surface area contributed by atoms with E-state index in [1.807, 2.05) is 24.5 Å². The van der Waals surface area contributed by atoms with E-state index >= 15 is 0 Å². The summed E-state index contributed by atoms with van der Waals surface area (Å²) in [5.74, 6) is -1.63. The number of thiophene rings is 1. The summed E-state index contributed by atoms with van der Waals surface area (Å²) in [6, 6.07) is 3.84. The Bertz CT molecular complexity index is 411. The second kappa shape index (κ2) is 6.04. The number of nitrogens with one attached hydrogen (secondary N) is 1. The topological polar surface area (TPSA) is 75.6 Å². The molecule has 0 aromatic carbocycles. The molecule has 1 aromatic heterocycles. The van der Waals surface area contributed by atoms with E-state index in [0.717, 1.165) is 9.75 Å². The highest BCUT2D eigenvalue weighted by molar-refractivity contribution is 7.12. The minimum atomic E-state index is -1.14. The lowest BCUT2D eigenvalue weighted by Crippen LogP contribution is -2.24. The lowest BCUT2D eigenvalue weighted by molar-refractivity contribution is -0.147. The molecule has 0 saturated heterocycles. The van der Waals surface area contributed by atoms with Gasteiger partial charge >= 0.3 is 5.97 Å². The van der Waals surface area contributed by atoms with Crippen LogP contribution in [-0.2, 0) is 14.4 Å². The number of carbonyl (C=O) groups is 2. The average Bonchev–Trinajstić information content (AvgIpc) is 2.61. The number of aryl methyl sites for hydroxylation is 1. The van der Waals surface area contributed by atoms with E-state index < -0.39 is 18.5 Å². The molecule has 0 atom stereocenters. The van der Waals surface area contributed by atoms with Crippen LogP contribution < -0.4 is 5.48 Å². The van der Waals surface area contributed by atoms with Gasteiger partial charge in [0.1, 0.15) is 0 Å². The molecule has 0 bridgehead atoms. The first-order chi connectivity index (χ1) is 7.58. The van der Waals surface area contributed by atoms with E-state index in [2.05, 4.69) is 4.84 Å². The van der Waals surface area contributed by atoms with Crippen molar-refractivity contribution in [3.8, 4) is 0 Å². The molecule has 2 N–H and O–H groups in total. The first-order valence-corrected chi connectivity index (χ1v) is 5.27. The molecule has 1 amide bonds. The number of carboxylic acid groups (broad SMARTS) is 1. The maximum absolute atomic E-state index is 11.1. The summed E-state index contributed by atoms with van der Waals surface area (Å²) in [7, 11) is 0. The molecule has 0 aliphatic heterocycles. The van der Waals surface area contributed by atoms with Crippen molar-refractivity contribution < 1.29 is 19.5 Å². The molecule has 1 rings (SSSR count). The normalized spacial score (nSPS) is 10.6. The van der Waals surface area contributed by atoms with Crippen LogP contribution in [0.5, 0.6) is 0 Å². The van der Waals surface area contributed by atoms with Crippen LogP contribution >= 0.6 is 11.3 Å². The Labute approximate surface area is 96.3 Å². The third-order valence-corrected chi connectivity index (χ3v) is 2.49. The first kappa shape index (κ1) is 12.4. The van der Waals surface area contributed by atoms with Crippen LogP contribution in [0.1, 0.15) is 9.75 Å². The summed E-state index contributed by atoms with van der Waals surface area (Å²) in [5.41, 5.74) is 1.99. The number of hydroxylamine groups is 1. The molecule has 16 heavy (non-hydrogen) atoms. The lowest BCUT2D eigenvalue weighted by atomic mass is 10.4. The zero-order valence-electron chi connectivity index (χ0n) is 8.60. The fourth-order valence-corrected chi connectivity index (χ4v) is 1.68. The summed E-state index contributed by atoms with van der Waals surface area (Å²) in [6.07, 6.45) is 2.92. The standard InChI is InChI=1S/C10H11NO4S/c1-7-2-3-8(16-7)4-5-9(12)11-15-6-10(13)14/h2-5H,6H2,1H3,(H,11,12)(H,13,14). The van der Waals surface area contributed by atoms with E-state index in [-0.39, 0.29) is 0 Å². The van der Waals surface area contributed by atoms with Gasteiger partial charge in [0.25, 0.3) is 5.91 Å². The van der Waals surface area contributed by atoms with Crippen molar-refractivity contribution in [1.82, 2.24) is 5.48 Å². The van der Waals surface area contributed by atoms with Gasteiger partial charge in [0.15, 0.2) is 6.61 Å². The van der Waals surface area contributed by atoms with Crippen molar-refractivity contribution in [2.24, 2.45) is 0 Å². The molecule has 86 valence electrons. The summed E-state index contributed by atoms with van der Waals surface area (Å²) in [6.45, 7) is 1.41. The largest absolute Gasteiger partial charge is 0.479 e. The van der Waals surface area contributed by atoms with Crippen LogP contribution in [0.15, 0.2) is 18.2 Å². The number of carboxylic acids is 1. The number of rotatable bonds is 5. The number of hydrogen-bond donors (Lipinski definition) is 2. The van der Waals surface area contributed by atoms with Gasteiger partial charge in [-0.2, -0.15) is 0 Å². The van der Waals surface area contributed by atoms with Crippen molar-refractivity contribution >= 4 is 29.3 Å². The molecule has 0 aliphatic rings. The predicted octanol–water partition coefficient (Wildman–Crippen LogP) is 1.20. The summed E-state index contributed by atoms with van der Waals surface area (Å²) in [4.78, 5) is 27.7. The second-order valence-corrected chi connectivity index (χ2v) is 4.25. The van der Waals surface area contributed by atoms with Crippen molar-refractivity contribution in [2.45, 2.75) is 6.92 Å². The molecule has 1 heterocycles. The summed E-state index contributed by atoms with van der Waals surface area (Å²) >= 11 is 1.56. The van der Waals surface area contributed by atoms with Crippen LogP contribution in [0.25, 0.3) is 6.08 Å². The van der Waals surface area contributed by atoms with Crippen LogP contribution in [-0.4, -0.2) is 23.6 Å². The Kier molecular flexibility index (Phi) is 4.68. The Morgan fingerprint density at radius 3 is 2.88 bits per heavy atom. The molecule has 0 fully saturated rings. The van der Waals surface area contributed by atoms with E-state index in [1.165, 1.54) is 6.08 Å². The van der Waals surface area contributed by atoms with Gasteiger partial charge in [0.05, 0.1) is 0 Å². The van der Waals surface area contributed by atoms with Gasteiger partial charge in [0.2, 0.25) is 0 Å². The summed E-state index contributed by atoms with van der Waals surface area (Å²) in [5, 5.41) is 8.24. The van der Waals surface area contributed by atoms with Gasteiger partial charge in [-0.25, -0.2) is 10.3 Å². The van der Waals surface area contributed by atoms with Crippen LogP contribution in [0.3, 0.4) is 0 Å². The Hall–Kier alpha value is -1.66. The molecule has 5 nitrogen and oxygen atoms in total. The SMILES string of the molecule is Cc1ccc(C=CC(=O)NOCC(=O)O)s1. The molecule has 0 unspecified atom stereocenters. The fourth-order valence-electron chi connectivity index (χ4n) is 0.904. The van der Waals surface area contributed by atoms with E-state index in [0.29, 0.717) is 0 Å². The van der Waals surface area contributed by atoms with E-state index in [9.17, 15) is 9.59 Å². The Morgan fingerprint density at radius 2 is 2.31 bits per heavy atom. The fraction of sp³-hybridized carbons (Fsp3) is 0.200. The predicted molar refractivity (Wildman–Crippen MR) is 59.8 cm³/mol. The Morgan fingerprint density at radius 1 is 1.56 bits per heavy atom. The van der Waals surface area contributed by atoms with Crippen LogP contribution in [0.4, 0.5) is 0 Å². The minimum absolute atomic E-state index is 0.493. The van der Waals surface area contributed by atoms with Gasteiger partial charge in [0, 0.05) is 15.8 Å². The highest BCUT2D eigenvalue weighted by Crippen LogP contribution is 2.16. The highest BCUT2D eigenvalue weighted by atomic mass is 32.1. The highest BCUT2D eigenvalue weighted by Gasteiger charge is 1.99. The molecule has 1 aromatic rings. The average molecular weight is 241 g/mol. The molecular formula is C10H11NO4S. The van der Waals surface area contributed by atoms with Gasteiger partial charge in [-0.15, -0.1) is 11.3 Å². The van der Waals surface area contributed by atoms with Gasteiger partial charge in [-0.1, -0.05) is 0 Å². The van der Waals surface area contributed by atoms with E-state index in [1.54, 1.807) is 17.4 Å². The molecule has 0 radical (unpaired) electrons. The van der Waals surface area contributed by atoms with Crippen molar-refractivity contribution in [3.63, 3.8) is 0 Å². The summed E-state index contributed by atoms with van der Waals surface area (Å²) < 4.78 is 0. The van der Waals surface area contributed by atoms with Crippen molar-refractivity contribution in [1.29, 1.82) is 0 Å². The number of aliphatic carboxylic acids is 1. The third kappa shape index (κ3) is 4.72. The van der Waals surface area contributed by atoms with Crippen molar-refractivity contribution in [3.05, 3.63) is 28.0 Å². The first-order valence-electron chi connectivity index (χ1n) is 4.46. The number of carbonyl (C=O) groups excluding carboxylic acids is 1. The lowest BCUT2D eigenvalue weighted by Gasteiger charge is -1.98. The number of hydrogen-bond acceptors (Lipinski definition) is 4. The maximum Gasteiger partial charge on any atom is 0.332 e. The monoisotopic (exact) mass is 241 g/mol. The van der Waals surface area contributed by atoms with Crippen molar-refractivity contribution in [2.75, 3.05) is 6.61 Å². The third-order valence-electron chi connectivity index (χ3n) is 1.53. The van der Waals surface area contributed by atoms with Gasteiger partial charge < -0.3 is 5.11 Å². The molecule has 0 aliphatic carbocycles. The zero-order chi connectivity index (χ0) is 12.0. The van der Waals surface area contributed by atoms with Gasteiger partial charge in [-0.3, -0.25) is 9.63 Å². The number of amides is 1. The smallest absolute Gasteiger partial charge is 0.332 e. The molecule has 6 heteroatoms. The quantitative estimate of drug-likeness (QED) is 0.600. The molecular weight excluding hydrogens is 230 g/mol. The van der Waals surface area contributed by atoms with E-state index in [4.69, 9.17) is 5.11 Å². The Balaban J connectivity index is 2.34.